The van der Waals surface area contributed by atoms with Crippen molar-refractivity contribution >= 4 is 46.2 Å². The molecule has 0 aliphatic rings. The largest absolute Gasteiger partial charge is 1.00 e. The molecule has 0 aromatic heterocycles. The van der Waals surface area contributed by atoms with Crippen molar-refractivity contribution in [3.63, 3.8) is 0 Å². The van der Waals surface area contributed by atoms with Crippen molar-refractivity contribution in [3.8, 4) is 0 Å². The Morgan fingerprint density at radius 2 is 0.800 bits per heavy atom. The summed E-state index contributed by atoms with van der Waals surface area (Å²) in [4.78, 5) is 0. The molecule has 0 rings (SSSR count). The SMILES string of the molecule is [BH4-].[CaH2].[Cl-].[Na+].[Na+]. The maximum Gasteiger partial charge on any atom is 1.00 e. The molecular weight excluding hydrogens is 132 g/mol. The van der Waals surface area contributed by atoms with Gasteiger partial charge in [-0.05, 0) is 0 Å². The average Bonchev–Trinajstić information content (AvgIpc) is 0. The van der Waals surface area contributed by atoms with E-state index in [1.807, 2.05) is 0 Å². The molecule has 0 unspecified atom stereocenters. The van der Waals surface area contributed by atoms with Gasteiger partial charge in [0.25, 0.3) is 0 Å². The summed E-state index contributed by atoms with van der Waals surface area (Å²) in [5.41, 5.74) is 0. The van der Waals surface area contributed by atoms with Crippen molar-refractivity contribution in [2.24, 2.45) is 0 Å². The summed E-state index contributed by atoms with van der Waals surface area (Å²) in [5.74, 6) is 0. The zero-order valence-electron chi connectivity index (χ0n) is 2.38. The topological polar surface area (TPSA) is 0 Å². The van der Waals surface area contributed by atoms with Crippen LogP contribution in [0.3, 0.4) is 0 Å². The van der Waals surface area contributed by atoms with Gasteiger partial charge in [-0.3, -0.25) is 0 Å². The molecule has 0 atom stereocenters. The number of rotatable bonds is 0. The van der Waals surface area contributed by atoms with Gasteiger partial charge in [-0.1, -0.05) is 8.41 Å². The Morgan fingerprint density at radius 1 is 0.800 bits per heavy atom. The molecule has 0 amide bonds. The van der Waals surface area contributed by atoms with Crippen molar-refractivity contribution in [1.82, 2.24) is 0 Å². The maximum absolute atomic E-state index is 0. The van der Waals surface area contributed by atoms with E-state index in [0.29, 0.717) is 0 Å². The van der Waals surface area contributed by atoms with Gasteiger partial charge in [0.1, 0.15) is 0 Å². The zero-order valence-corrected chi connectivity index (χ0v) is 7.13. The summed E-state index contributed by atoms with van der Waals surface area (Å²) in [6.07, 6.45) is 0. The van der Waals surface area contributed by atoms with Gasteiger partial charge < -0.3 is 12.4 Å². The number of hydrogen-bond donors (Lipinski definition) is 0. The first-order valence-electron chi connectivity index (χ1n) is 0. The van der Waals surface area contributed by atoms with Gasteiger partial charge >= 0.3 is 96.9 Å². The minimum atomic E-state index is 0. The van der Waals surface area contributed by atoms with Crippen molar-refractivity contribution in [3.05, 3.63) is 0 Å². The van der Waals surface area contributed by atoms with Crippen LogP contribution in [0.2, 0.25) is 0 Å². The van der Waals surface area contributed by atoms with Crippen LogP contribution >= 0.6 is 0 Å². The molecule has 0 bridgehead atoms. The summed E-state index contributed by atoms with van der Waals surface area (Å²) in [7, 11) is 0. The third-order valence-corrected chi connectivity index (χ3v) is 0. The summed E-state index contributed by atoms with van der Waals surface area (Å²) in [5, 5.41) is 0. The van der Waals surface area contributed by atoms with Gasteiger partial charge in [0.15, 0.2) is 0 Å². The Labute approximate surface area is 115 Å². The Bertz CT molecular complexity index is 9.61. The van der Waals surface area contributed by atoms with Crippen molar-refractivity contribution in [2.45, 2.75) is 0 Å². The van der Waals surface area contributed by atoms with Gasteiger partial charge in [0, 0.05) is 0 Å². The first-order chi connectivity index (χ1) is 0. The molecular formula is H6BCaClNa2. The molecule has 0 aliphatic carbocycles. The molecule has 0 radical (unpaired) electrons. The van der Waals surface area contributed by atoms with Crippen LogP contribution < -0.4 is 71.5 Å². The third kappa shape index (κ3) is 18.4. The van der Waals surface area contributed by atoms with E-state index >= 15 is 0 Å². The molecule has 0 fully saturated rings. The second-order valence-corrected chi connectivity index (χ2v) is 0. The van der Waals surface area contributed by atoms with Crippen LogP contribution in [-0.4, -0.2) is 46.2 Å². The molecule has 5 heavy (non-hydrogen) atoms. The standard InChI is InChI=1S/BH4.Ca.ClH.2Na.2H/h1H4;;1H;;;;/q-1;;;2*+1;;/p-1. The van der Waals surface area contributed by atoms with Crippen LogP contribution in [0, 0.1) is 0 Å². The Hall–Kier alpha value is 3.61. The van der Waals surface area contributed by atoms with E-state index in [-0.39, 0.29) is 118 Å². The van der Waals surface area contributed by atoms with Crippen LogP contribution in [0.15, 0.2) is 0 Å². The van der Waals surface area contributed by atoms with Crippen LogP contribution in [0.4, 0.5) is 0 Å². The molecule has 5 heteroatoms. The first-order valence-corrected chi connectivity index (χ1v) is 0. The molecule has 0 aromatic carbocycles. The predicted octanol–water partition coefficient (Wildman–Crippen LogP) is -11.4. The fourth-order valence-corrected chi connectivity index (χ4v) is 0. The van der Waals surface area contributed by atoms with Crippen LogP contribution in [-0.2, 0) is 0 Å². The van der Waals surface area contributed by atoms with E-state index in [9.17, 15) is 0 Å². The summed E-state index contributed by atoms with van der Waals surface area (Å²) in [6.45, 7) is 0. The Balaban J connectivity index is 0. The van der Waals surface area contributed by atoms with Crippen molar-refractivity contribution in [1.29, 1.82) is 0 Å². The maximum atomic E-state index is 0. The van der Waals surface area contributed by atoms with Gasteiger partial charge in [-0.15, -0.1) is 0 Å². The molecule has 0 N–H and O–H groups in total. The molecule has 0 saturated carbocycles. The number of halogens is 1. The second-order valence-electron chi connectivity index (χ2n) is 0. The fraction of sp³-hybridized carbons (Fsp3) is 0. The Kier molecular flexibility index (Phi) is 195. The summed E-state index contributed by atoms with van der Waals surface area (Å²) in [6, 6.07) is 0. The molecule has 0 aromatic rings. The van der Waals surface area contributed by atoms with E-state index in [4.69, 9.17) is 0 Å². The van der Waals surface area contributed by atoms with Crippen LogP contribution in [0.25, 0.3) is 0 Å². The van der Waals surface area contributed by atoms with E-state index in [1.165, 1.54) is 0 Å². The van der Waals surface area contributed by atoms with Crippen molar-refractivity contribution in [2.75, 3.05) is 0 Å². The van der Waals surface area contributed by atoms with Crippen LogP contribution in [0.1, 0.15) is 0 Å². The van der Waals surface area contributed by atoms with E-state index in [2.05, 4.69) is 0 Å². The average molecular weight is 138 g/mol. The van der Waals surface area contributed by atoms with Crippen LogP contribution in [0.5, 0.6) is 0 Å². The van der Waals surface area contributed by atoms with E-state index in [1.54, 1.807) is 0 Å². The molecule has 0 heterocycles. The third-order valence-electron chi connectivity index (χ3n) is 0. The number of hydrogen-bond acceptors (Lipinski definition) is 0. The van der Waals surface area contributed by atoms with Gasteiger partial charge in [-0.25, -0.2) is 0 Å². The smallest absolute Gasteiger partial charge is 1.00 e. The minimum Gasteiger partial charge on any atom is -1.00 e. The minimum absolute atomic E-state index is 0. The normalized spacial score (nSPS) is 0. The van der Waals surface area contributed by atoms with E-state index in [0.717, 1.165) is 0 Å². The fourth-order valence-electron chi connectivity index (χ4n) is 0. The Morgan fingerprint density at radius 3 is 0.800 bits per heavy atom. The van der Waals surface area contributed by atoms with Gasteiger partial charge in [0.2, 0.25) is 0 Å². The predicted molar refractivity (Wildman–Crippen MR) is 19.9 cm³/mol. The molecule has 0 aliphatic heterocycles. The summed E-state index contributed by atoms with van der Waals surface area (Å²) >= 11 is 0. The van der Waals surface area contributed by atoms with Gasteiger partial charge in [-0.2, -0.15) is 0 Å². The van der Waals surface area contributed by atoms with Crippen molar-refractivity contribution < 1.29 is 71.5 Å². The van der Waals surface area contributed by atoms with Gasteiger partial charge in [0.05, 0.1) is 0 Å². The van der Waals surface area contributed by atoms with E-state index < -0.39 is 0 Å². The summed E-state index contributed by atoms with van der Waals surface area (Å²) < 4.78 is 0. The monoisotopic (exact) mass is 138 g/mol. The first kappa shape index (κ1) is 38.2. The molecule has 20 valence electrons. The second kappa shape index (κ2) is 25.5. The zero-order chi connectivity index (χ0) is 0. The quantitative estimate of drug-likeness (QED) is 0.292. The molecule has 0 saturated heterocycles. The molecule has 0 spiro atoms. The molecule has 0 nitrogen and oxygen atoms in total.